The Kier molecular flexibility index (Phi) is 4.39. The summed E-state index contributed by atoms with van der Waals surface area (Å²) in [7, 11) is 3.19. The summed E-state index contributed by atoms with van der Waals surface area (Å²) in [4.78, 5) is 4.44. The molecule has 0 unspecified atom stereocenters. The zero-order valence-corrected chi connectivity index (χ0v) is 11.2. The van der Waals surface area contributed by atoms with Gasteiger partial charge in [-0.25, -0.2) is 0 Å². The molecule has 0 spiro atoms. The predicted octanol–water partition coefficient (Wildman–Crippen LogP) is 0.650. The predicted molar refractivity (Wildman–Crippen MR) is 72.3 cm³/mol. The number of aliphatic hydroxyl groups is 2. The van der Waals surface area contributed by atoms with Crippen LogP contribution in [0, 0.1) is 5.92 Å². The first-order chi connectivity index (χ1) is 9.24. The summed E-state index contributed by atoms with van der Waals surface area (Å²) in [6, 6.07) is 3.80. The average molecular weight is 265 g/mol. The lowest BCUT2D eigenvalue weighted by molar-refractivity contribution is 0.187. The van der Waals surface area contributed by atoms with Crippen molar-refractivity contribution >= 4 is 5.71 Å². The molecule has 1 aromatic rings. The van der Waals surface area contributed by atoms with Gasteiger partial charge in [0.05, 0.1) is 33.1 Å². The van der Waals surface area contributed by atoms with Gasteiger partial charge in [0.2, 0.25) is 0 Å². The fraction of sp³-hybridized carbons (Fsp3) is 0.500. The normalized spacial score (nSPS) is 14.1. The highest BCUT2D eigenvalue weighted by Gasteiger charge is 2.23. The van der Waals surface area contributed by atoms with Crippen molar-refractivity contribution in [3.05, 3.63) is 23.3 Å². The maximum atomic E-state index is 9.33. The van der Waals surface area contributed by atoms with E-state index in [1.54, 1.807) is 14.2 Å². The minimum Gasteiger partial charge on any atom is -0.493 e. The first-order valence-electron chi connectivity index (χ1n) is 6.26. The van der Waals surface area contributed by atoms with Crippen LogP contribution in [-0.4, -0.2) is 49.9 Å². The van der Waals surface area contributed by atoms with E-state index in [9.17, 15) is 10.2 Å². The topological polar surface area (TPSA) is 71.3 Å². The molecule has 1 aliphatic rings. The van der Waals surface area contributed by atoms with E-state index in [4.69, 9.17) is 9.47 Å². The third kappa shape index (κ3) is 2.57. The van der Waals surface area contributed by atoms with Crippen LogP contribution in [0.25, 0.3) is 0 Å². The zero-order valence-electron chi connectivity index (χ0n) is 11.2. The first kappa shape index (κ1) is 13.8. The van der Waals surface area contributed by atoms with Crippen molar-refractivity contribution in [1.82, 2.24) is 0 Å². The van der Waals surface area contributed by atoms with Crippen molar-refractivity contribution in [2.45, 2.75) is 6.42 Å². The first-order valence-corrected chi connectivity index (χ1v) is 6.26. The molecular weight excluding hydrogens is 246 g/mol. The molecule has 0 amide bonds. The van der Waals surface area contributed by atoms with E-state index in [0.29, 0.717) is 18.0 Å². The summed E-state index contributed by atoms with van der Waals surface area (Å²) < 4.78 is 10.6. The van der Waals surface area contributed by atoms with E-state index in [1.807, 2.05) is 12.1 Å². The lowest BCUT2D eigenvalue weighted by Crippen LogP contribution is -2.27. The van der Waals surface area contributed by atoms with Crippen LogP contribution in [-0.2, 0) is 6.42 Å². The molecule has 0 fully saturated rings. The molecule has 19 heavy (non-hydrogen) atoms. The van der Waals surface area contributed by atoms with Crippen LogP contribution in [0.1, 0.15) is 11.1 Å². The number of methoxy groups -OCH3 is 2. The summed E-state index contributed by atoms with van der Waals surface area (Å²) >= 11 is 0. The number of aliphatic imine (C=N–C) groups is 1. The minimum absolute atomic E-state index is 0.122. The highest BCUT2D eigenvalue weighted by atomic mass is 16.5. The standard InChI is InChI=1S/C14H19NO4/c1-18-12-5-9-3-4-15-14(10(7-16)8-17)11(9)6-13(12)19-2/h5-6,10,16-17H,3-4,7-8H2,1-2H3. The number of nitrogens with zero attached hydrogens (tertiary/aromatic N) is 1. The van der Waals surface area contributed by atoms with Crippen molar-refractivity contribution in [1.29, 1.82) is 0 Å². The van der Waals surface area contributed by atoms with Crippen molar-refractivity contribution < 1.29 is 19.7 Å². The van der Waals surface area contributed by atoms with Crippen LogP contribution in [0.15, 0.2) is 17.1 Å². The van der Waals surface area contributed by atoms with Gasteiger partial charge in [-0.15, -0.1) is 0 Å². The molecule has 1 aromatic carbocycles. The molecule has 0 aliphatic carbocycles. The molecule has 5 heteroatoms. The maximum Gasteiger partial charge on any atom is 0.161 e. The third-order valence-electron chi connectivity index (χ3n) is 3.38. The van der Waals surface area contributed by atoms with Gasteiger partial charge in [-0.1, -0.05) is 0 Å². The van der Waals surface area contributed by atoms with Gasteiger partial charge >= 0.3 is 0 Å². The second-order valence-corrected chi connectivity index (χ2v) is 4.44. The largest absolute Gasteiger partial charge is 0.493 e. The van der Waals surface area contributed by atoms with Gasteiger partial charge in [0, 0.05) is 18.0 Å². The molecular formula is C14H19NO4. The van der Waals surface area contributed by atoms with Gasteiger partial charge in [0.15, 0.2) is 11.5 Å². The van der Waals surface area contributed by atoms with E-state index in [1.165, 1.54) is 0 Å². The SMILES string of the molecule is COc1cc2c(cc1OC)C(C(CO)CO)=NCC2. The Morgan fingerprint density at radius 1 is 1.16 bits per heavy atom. The number of hydrogen-bond donors (Lipinski definition) is 2. The van der Waals surface area contributed by atoms with Crippen molar-refractivity contribution in [3.8, 4) is 11.5 Å². The molecule has 1 heterocycles. The smallest absolute Gasteiger partial charge is 0.161 e. The van der Waals surface area contributed by atoms with Crippen molar-refractivity contribution in [2.75, 3.05) is 34.0 Å². The highest BCUT2D eigenvalue weighted by molar-refractivity contribution is 6.04. The minimum atomic E-state index is -0.350. The maximum absolute atomic E-state index is 9.33. The van der Waals surface area contributed by atoms with Crippen LogP contribution >= 0.6 is 0 Å². The van der Waals surface area contributed by atoms with Crippen LogP contribution < -0.4 is 9.47 Å². The van der Waals surface area contributed by atoms with Crippen LogP contribution in [0.3, 0.4) is 0 Å². The van der Waals surface area contributed by atoms with Gasteiger partial charge in [0.25, 0.3) is 0 Å². The van der Waals surface area contributed by atoms with E-state index in [2.05, 4.69) is 4.99 Å². The Labute approximate surface area is 112 Å². The Morgan fingerprint density at radius 2 is 1.79 bits per heavy atom. The highest BCUT2D eigenvalue weighted by Crippen LogP contribution is 2.33. The monoisotopic (exact) mass is 265 g/mol. The Morgan fingerprint density at radius 3 is 2.37 bits per heavy atom. The molecule has 104 valence electrons. The zero-order chi connectivity index (χ0) is 13.8. The average Bonchev–Trinajstić information content (AvgIpc) is 2.47. The number of fused-ring (bicyclic) bond motifs is 1. The Hall–Kier alpha value is -1.59. The van der Waals surface area contributed by atoms with E-state index in [-0.39, 0.29) is 19.1 Å². The quantitative estimate of drug-likeness (QED) is 0.820. The van der Waals surface area contributed by atoms with Gasteiger partial charge in [-0.2, -0.15) is 0 Å². The Bertz CT molecular complexity index is 481. The Balaban J connectivity index is 2.48. The number of aliphatic hydroxyl groups excluding tert-OH is 2. The number of ether oxygens (including phenoxy) is 2. The van der Waals surface area contributed by atoms with Gasteiger partial charge < -0.3 is 19.7 Å². The number of hydrogen-bond acceptors (Lipinski definition) is 5. The van der Waals surface area contributed by atoms with E-state index >= 15 is 0 Å². The summed E-state index contributed by atoms with van der Waals surface area (Å²) in [6.45, 7) is 0.417. The molecule has 5 nitrogen and oxygen atoms in total. The van der Waals surface area contributed by atoms with E-state index < -0.39 is 0 Å². The van der Waals surface area contributed by atoms with Crippen LogP contribution in [0.4, 0.5) is 0 Å². The summed E-state index contributed by atoms with van der Waals surface area (Å²) in [5.41, 5.74) is 2.78. The third-order valence-corrected chi connectivity index (χ3v) is 3.38. The van der Waals surface area contributed by atoms with Crippen LogP contribution in [0.2, 0.25) is 0 Å². The molecule has 2 rings (SSSR count). The van der Waals surface area contributed by atoms with E-state index in [0.717, 1.165) is 23.3 Å². The molecule has 0 aromatic heterocycles. The van der Waals surface area contributed by atoms with Gasteiger partial charge in [0.1, 0.15) is 0 Å². The lowest BCUT2D eigenvalue weighted by Gasteiger charge is -2.23. The van der Waals surface area contributed by atoms with Crippen LogP contribution in [0.5, 0.6) is 11.5 Å². The van der Waals surface area contributed by atoms with Crippen molar-refractivity contribution in [3.63, 3.8) is 0 Å². The number of rotatable bonds is 5. The molecule has 1 aliphatic heterocycles. The van der Waals surface area contributed by atoms with Crippen molar-refractivity contribution in [2.24, 2.45) is 10.9 Å². The molecule has 0 saturated heterocycles. The lowest BCUT2D eigenvalue weighted by atomic mass is 9.90. The molecule has 0 atom stereocenters. The molecule has 2 N–H and O–H groups in total. The summed E-state index contributed by atoms with van der Waals surface area (Å²) in [5, 5.41) is 18.7. The molecule has 0 saturated carbocycles. The number of benzene rings is 1. The summed E-state index contributed by atoms with van der Waals surface area (Å²) in [5.74, 6) is 0.967. The second kappa shape index (κ2) is 6.04. The fourth-order valence-electron chi connectivity index (χ4n) is 2.33. The molecule has 0 radical (unpaired) electrons. The van der Waals surface area contributed by atoms with Gasteiger partial charge in [-0.3, -0.25) is 4.99 Å². The second-order valence-electron chi connectivity index (χ2n) is 4.44. The van der Waals surface area contributed by atoms with Gasteiger partial charge in [-0.05, 0) is 24.1 Å². The molecule has 0 bridgehead atoms. The summed E-state index contributed by atoms with van der Waals surface area (Å²) in [6.07, 6.45) is 0.822. The fourth-order valence-corrected chi connectivity index (χ4v) is 2.33.